The monoisotopic (exact) mass is 189 g/mol. The molecule has 13 heavy (non-hydrogen) atoms. The Morgan fingerprint density at radius 2 is 2.15 bits per heavy atom. The molecule has 1 aliphatic carbocycles. The molecule has 1 heterocycles. The van der Waals surface area contributed by atoms with Crippen LogP contribution in [0.3, 0.4) is 0 Å². The van der Waals surface area contributed by atoms with Gasteiger partial charge in [0.1, 0.15) is 0 Å². The number of thiophene rings is 1. The highest BCUT2D eigenvalue weighted by Gasteiger charge is 2.25. The van der Waals surface area contributed by atoms with E-state index in [0.717, 1.165) is 11.6 Å². The van der Waals surface area contributed by atoms with E-state index in [1.807, 2.05) is 17.4 Å². The maximum Gasteiger partial charge on any atom is 0.0366 e. The SMILES string of the molecule is Nc1ccc2c(C3CC3)csc2c1. The Labute approximate surface area is 81.2 Å². The number of fused-ring (bicyclic) bond motifs is 1. The Morgan fingerprint density at radius 3 is 2.92 bits per heavy atom. The van der Waals surface area contributed by atoms with Crippen molar-refractivity contribution in [3.8, 4) is 0 Å². The summed E-state index contributed by atoms with van der Waals surface area (Å²) in [5.41, 5.74) is 8.15. The van der Waals surface area contributed by atoms with E-state index in [9.17, 15) is 0 Å². The third-order valence-electron chi connectivity index (χ3n) is 2.65. The zero-order valence-corrected chi connectivity index (χ0v) is 8.10. The van der Waals surface area contributed by atoms with Crippen molar-refractivity contribution in [2.45, 2.75) is 18.8 Å². The first-order valence-electron chi connectivity index (χ1n) is 4.61. The molecule has 66 valence electrons. The second-order valence-electron chi connectivity index (χ2n) is 3.72. The molecule has 1 aromatic heterocycles. The van der Waals surface area contributed by atoms with E-state index in [2.05, 4.69) is 17.5 Å². The van der Waals surface area contributed by atoms with Crippen LogP contribution >= 0.6 is 11.3 Å². The van der Waals surface area contributed by atoms with Gasteiger partial charge in [0.25, 0.3) is 0 Å². The predicted molar refractivity (Wildman–Crippen MR) is 58.2 cm³/mol. The van der Waals surface area contributed by atoms with Gasteiger partial charge in [-0.3, -0.25) is 0 Å². The second kappa shape index (κ2) is 2.48. The lowest BCUT2D eigenvalue weighted by molar-refractivity contribution is 1.16. The van der Waals surface area contributed by atoms with Gasteiger partial charge in [-0.25, -0.2) is 0 Å². The van der Waals surface area contributed by atoms with Gasteiger partial charge in [0.05, 0.1) is 0 Å². The average Bonchev–Trinajstić information content (AvgIpc) is 2.87. The molecule has 3 rings (SSSR count). The summed E-state index contributed by atoms with van der Waals surface area (Å²) in [5.74, 6) is 0.845. The van der Waals surface area contributed by atoms with Crippen LogP contribution in [0.25, 0.3) is 10.1 Å². The topological polar surface area (TPSA) is 26.0 Å². The molecule has 1 aliphatic rings. The first-order chi connectivity index (χ1) is 6.34. The largest absolute Gasteiger partial charge is 0.399 e. The van der Waals surface area contributed by atoms with Crippen molar-refractivity contribution in [1.82, 2.24) is 0 Å². The van der Waals surface area contributed by atoms with Gasteiger partial charge in [0.15, 0.2) is 0 Å². The third-order valence-corrected chi connectivity index (χ3v) is 3.61. The third kappa shape index (κ3) is 1.13. The van der Waals surface area contributed by atoms with Gasteiger partial charge in [-0.05, 0) is 47.2 Å². The van der Waals surface area contributed by atoms with Crippen molar-refractivity contribution in [1.29, 1.82) is 0 Å². The Kier molecular flexibility index (Phi) is 1.41. The normalized spacial score (nSPS) is 16.6. The van der Waals surface area contributed by atoms with Crippen molar-refractivity contribution in [2.75, 3.05) is 5.73 Å². The van der Waals surface area contributed by atoms with Gasteiger partial charge >= 0.3 is 0 Å². The van der Waals surface area contributed by atoms with Crippen molar-refractivity contribution < 1.29 is 0 Å². The van der Waals surface area contributed by atoms with E-state index in [-0.39, 0.29) is 0 Å². The van der Waals surface area contributed by atoms with Gasteiger partial charge in [-0.15, -0.1) is 11.3 Å². The lowest BCUT2D eigenvalue weighted by atomic mass is 10.1. The van der Waals surface area contributed by atoms with Crippen molar-refractivity contribution in [3.05, 3.63) is 29.1 Å². The van der Waals surface area contributed by atoms with Crippen LogP contribution in [-0.2, 0) is 0 Å². The minimum atomic E-state index is 0.845. The maximum absolute atomic E-state index is 5.73. The molecule has 0 amide bonds. The number of rotatable bonds is 1. The highest BCUT2D eigenvalue weighted by Crippen LogP contribution is 2.45. The van der Waals surface area contributed by atoms with E-state index in [1.54, 1.807) is 5.56 Å². The maximum atomic E-state index is 5.73. The molecule has 0 aliphatic heterocycles. The van der Waals surface area contributed by atoms with E-state index in [1.165, 1.54) is 22.9 Å². The molecule has 0 spiro atoms. The molecule has 0 atom stereocenters. The van der Waals surface area contributed by atoms with E-state index >= 15 is 0 Å². The fourth-order valence-electron chi connectivity index (χ4n) is 1.78. The Bertz CT molecular complexity index is 454. The Balaban J connectivity index is 2.26. The summed E-state index contributed by atoms with van der Waals surface area (Å²) in [7, 11) is 0. The summed E-state index contributed by atoms with van der Waals surface area (Å²) in [6.45, 7) is 0. The molecule has 1 nitrogen and oxygen atoms in total. The fraction of sp³-hybridized carbons (Fsp3) is 0.273. The molecule has 2 N–H and O–H groups in total. The smallest absolute Gasteiger partial charge is 0.0366 e. The van der Waals surface area contributed by atoms with Gasteiger partial charge < -0.3 is 5.73 Å². The first-order valence-corrected chi connectivity index (χ1v) is 5.49. The van der Waals surface area contributed by atoms with Crippen LogP contribution in [0.1, 0.15) is 24.3 Å². The molecule has 1 fully saturated rings. The van der Waals surface area contributed by atoms with Crippen LogP contribution in [0.2, 0.25) is 0 Å². The van der Waals surface area contributed by atoms with Crippen molar-refractivity contribution in [2.24, 2.45) is 0 Å². The molecular formula is C11H11NS. The van der Waals surface area contributed by atoms with Crippen LogP contribution in [0.5, 0.6) is 0 Å². The summed E-state index contributed by atoms with van der Waals surface area (Å²) in [6, 6.07) is 6.24. The van der Waals surface area contributed by atoms with E-state index < -0.39 is 0 Å². The summed E-state index contributed by atoms with van der Waals surface area (Å²) in [5, 5.41) is 3.71. The first kappa shape index (κ1) is 7.39. The molecule has 0 bridgehead atoms. The standard InChI is InChI=1S/C11H11NS/c12-8-3-4-9-10(7-1-2-7)6-13-11(9)5-8/h3-7H,1-2,12H2. The number of hydrogen-bond acceptors (Lipinski definition) is 2. The molecule has 0 unspecified atom stereocenters. The summed E-state index contributed by atoms with van der Waals surface area (Å²) in [6.07, 6.45) is 2.74. The van der Waals surface area contributed by atoms with Crippen LogP contribution in [-0.4, -0.2) is 0 Å². The highest BCUT2D eigenvalue weighted by molar-refractivity contribution is 7.17. The van der Waals surface area contributed by atoms with Gasteiger partial charge in [-0.1, -0.05) is 6.07 Å². The summed E-state index contributed by atoms with van der Waals surface area (Å²) in [4.78, 5) is 0. The van der Waals surface area contributed by atoms with E-state index in [4.69, 9.17) is 5.73 Å². The summed E-state index contributed by atoms with van der Waals surface area (Å²) < 4.78 is 1.34. The zero-order valence-electron chi connectivity index (χ0n) is 7.29. The fourth-order valence-corrected chi connectivity index (χ4v) is 2.87. The van der Waals surface area contributed by atoms with Crippen LogP contribution < -0.4 is 5.73 Å². The van der Waals surface area contributed by atoms with Crippen LogP contribution in [0.15, 0.2) is 23.6 Å². The number of nitrogens with two attached hydrogens (primary N) is 1. The van der Waals surface area contributed by atoms with Gasteiger partial charge in [0, 0.05) is 10.4 Å². The van der Waals surface area contributed by atoms with Crippen LogP contribution in [0, 0.1) is 0 Å². The molecule has 1 saturated carbocycles. The number of benzene rings is 1. The molecule has 2 aromatic rings. The van der Waals surface area contributed by atoms with Crippen molar-refractivity contribution >= 4 is 27.1 Å². The Morgan fingerprint density at radius 1 is 1.31 bits per heavy atom. The molecule has 1 aromatic carbocycles. The lowest BCUT2D eigenvalue weighted by Crippen LogP contribution is -1.82. The number of hydrogen-bond donors (Lipinski definition) is 1. The molecular weight excluding hydrogens is 178 g/mol. The zero-order chi connectivity index (χ0) is 8.84. The lowest BCUT2D eigenvalue weighted by Gasteiger charge is -1.96. The number of nitrogen functional groups attached to an aromatic ring is 1. The number of anilines is 1. The van der Waals surface area contributed by atoms with Crippen LogP contribution in [0.4, 0.5) is 5.69 Å². The minimum absolute atomic E-state index is 0.845. The quantitative estimate of drug-likeness (QED) is 0.684. The minimum Gasteiger partial charge on any atom is -0.399 e. The van der Waals surface area contributed by atoms with Gasteiger partial charge in [-0.2, -0.15) is 0 Å². The average molecular weight is 189 g/mol. The Hall–Kier alpha value is -1.02. The predicted octanol–water partition coefficient (Wildman–Crippen LogP) is 3.36. The summed E-state index contributed by atoms with van der Waals surface area (Å²) >= 11 is 1.82. The molecule has 2 heteroatoms. The highest BCUT2D eigenvalue weighted by atomic mass is 32.1. The van der Waals surface area contributed by atoms with E-state index in [0.29, 0.717) is 0 Å². The molecule has 0 saturated heterocycles. The second-order valence-corrected chi connectivity index (χ2v) is 4.63. The van der Waals surface area contributed by atoms with Crippen molar-refractivity contribution in [3.63, 3.8) is 0 Å². The molecule has 0 radical (unpaired) electrons. The van der Waals surface area contributed by atoms with Gasteiger partial charge in [0.2, 0.25) is 0 Å².